The maximum atomic E-state index is 13.8. The minimum absolute atomic E-state index is 0.0154. The fraction of sp³-hybridized carbons (Fsp3) is 0.519. The molecule has 3 rings (SSSR count). The summed E-state index contributed by atoms with van der Waals surface area (Å²) in [4.78, 5) is 39.7. The average molecular weight is 486 g/mol. The first-order valence-electron chi connectivity index (χ1n) is 12.0. The van der Waals surface area contributed by atoms with E-state index in [1.54, 1.807) is 6.92 Å². The van der Waals surface area contributed by atoms with Crippen LogP contribution in [0.15, 0.2) is 46.8 Å². The first-order chi connectivity index (χ1) is 16.7. The molecule has 0 aromatic heterocycles. The molecule has 0 saturated carbocycles. The molecule has 3 atom stereocenters. The van der Waals surface area contributed by atoms with Gasteiger partial charge in [0, 0.05) is 22.5 Å². The zero-order chi connectivity index (χ0) is 25.7. The topological polar surface area (TPSA) is 100 Å². The van der Waals surface area contributed by atoms with Crippen LogP contribution in [0.2, 0.25) is 0 Å². The summed E-state index contributed by atoms with van der Waals surface area (Å²) in [5.74, 6) is -2.86. The molecule has 1 aliphatic carbocycles. The number of allylic oxidation sites excluding steroid dienone is 3. The van der Waals surface area contributed by atoms with Gasteiger partial charge in [-0.05, 0) is 46.1 Å². The molecule has 1 N–H and O–H groups in total. The van der Waals surface area contributed by atoms with Crippen molar-refractivity contribution in [1.82, 2.24) is 5.32 Å². The molecule has 0 bridgehead atoms. The minimum atomic E-state index is -0.947. The fourth-order valence-electron chi connectivity index (χ4n) is 4.76. The zero-order valence-corrected chi connectivity index (χ0v) is 21.3. The summed E-state index contributed by atoms with van der Waals surface area (Å²) in [6.45, 7) is 10.1. The van der Waals surface area contributed by atoms with Crippen LogP contribution in [-0.4, -0.2) is 50.8 Å². The number of nitrogens with one attached hydrogen (secondary N) is 1. The Hall–Kier alpha value is -3.13. The molecule has 0 spiro atoms. The SMILES string of the molecule is CCOc1ccccc1[C@H]1C(C(=O)OCCOC(C)C)=C(C)NC2=C1C(=O)[C@@H](C(=O)OC)[C@H](C)C2. The maximum Gasteiger partial charge on any atom is 0.336 e. The molecule has 0 radical (unpaired) electrons. The van der Waals surface area contributed by atoms with E-state index in [-0.39, 0.29) is 31.0 Å². The number of carbonyl (C=O) groups is 3. The third kappa shape index (κ3) is 5.59. The molecule has 1 aliphatic heterocycles. The number of methoxy groups -OCH3 is 1. The van der Waals surface area contributed by atoms with Gasteiger partial charge in [0.15, 0.2) is 5.78 Å². The average Bonchev–Trinajstić information content (AvgIpc) is 2.81. The predicted octanol–water partition coefficient (Wildman–Crippen LogP) is 3.67. The van der Waals surface area contributed by atoms with E-state index in [1.807, 2.05) is 52.0 Å². The Kier molecular flexibility index (Phi) is 8.72. The van der Waals surface area contributed by atoms with Crippen molar-refractivity contribution in [2.24, 2.45) is 11.8 Å². The summed E-state index contributed by atoms with van der Waals surface area (Å²) >= 11 is 0. The van der Waals surface area contributed by atoms with Crippen LogP contribution >= 0.6 is 0 Å². The number of esters is 2. The summed E-state index contributed by atoms with van der Waals surface area (Å²) in [6.07, 6.45) is 0.484. The third-order valence-electron chi connectivity index (χ3n) is 6.26. The Morgan fingerprint density at radius 3 is 2.54 bits per heavy atom. The van der Waals surface area contributed by atoms with Crippen molar-refractivity contribution in [2.45, 2.75) is 53.1 Å². The monoisotopic (exact) mass is 485 g/mol. The van der Waals surface area contributed by atoms with E-state index >= 15 is 0 Å². The Balaban J connectivity index is 2.09. The standard InChI is InChI=1S/C27H35NO7/c1-7-33-20-11-9-8-10-18(20)23-22(27(31)35-13-12-34-15(2)3)17(5)28-19-14-16(4)21(26(30)32-6)25(29)24(19)23/h8-11,15-16,21,23,28H,7,12-14H2,1-6H3/t16-,21+,23+/m1/s1. The Labute approximate surface area is 206 Å². The van der Waals surface area contributed by atoms with E-state index in [1.165, 1.54) is 7.11 Å². The number of hydrogen-bond acceptors (Lipinski definition) is 8. The van der Waals surface area contributed by atoms with Crippen LogP contribution in [0.5, 0.6) is 5.75 Å². The number of hydrogen-bond donors (Lipinski definition) is 1. The molecule has 2 aliphatic rings. The molecule has 1 heterocycles. The van der Waals surface area contributed by atoms with E-state index in [4.69, 9.17) is 18.9 Å². The predicted molar refractivity (Wildman–Crippen MR) is 130 cm³/mol. The fourth-order valence-corrected chi connectivity index (χ4v) is 4.76. The second-order valence-corrected chi connectivity index (χ2v) is 9.06. The van der Waals surface area contributed by atoms with Gasteiger partial charge in [-0.25, -0.2) is 4.79 Å². The molecule has 35 heavy (non-hydrogen) atoms. The second-order valence-electron chi connectivity index (χ2n) is 9.06. The number of benzene rings is 1. The van der Waals surface area contributed by atoms with Crippen molar-refractivity contribution in [3.05, 3.63) is 52.4 Å². The van der Waals surface area contributed by atoms with Gasteiger partial charge in [0.2, 0.25) is 0 Å². The van der Waals surface area contributed by atoms with Crippen LogP contribution in [0.25, 0.3) is 0 Å². The molecule has 0 unspecified atom stereocenters. The number of carbonyl (C=O) groups excluding carboxylic acids is 3. The molecule has 8 nitrogen and oxygen atoms in total. The molecular formula is C27H35NO7. The summed E-state index contributed by atoms with van der Waals surface area (Å²) < 4.78 is 21.9. The molecular weight excluding hydrogens is 450 g/mol. The highest BCUT2D eigenvalue weighted by molar-refractivity contribution is 6.12. The van der Waals surface area contributed by atoms with Crippen LogP contribution < -0.4 is 10.1 Å². The van der Waals surface area contributed by atoms with Crippen molar-refractivity contribution >= 4 is 17.7 Å². The summed E-state index contributed by atoms with van der Waals surface area (Å²) in [7, 11) is 1.28. The van der Waals surface area contributed by atoms with Crippen LogP contribution in [-0.2, 0) is 28.6 Å². The second kappa shape index (κ2) is 11.5. The van der Waals surface area contributed by atoms with Crippen molar-refractivity contribution in [1.29, 1.82) is 0 Å². The number of dihydropyridines is 1. The van der Waals surface area contributed by atoms with Crippen LogP contribution in [0, 0.1) is 11.8 Å². The van der Waals surface area contributed by atoms with Crippen molar-refractivity contribution < 1.29 is 33.3 Å². The lowest BCUT2D eigenvalue weighted by atomic mass is 9.69. The van der Waals surface area contributed by atoms with Gasteiger partial charge in [-0.3, -0.25) is 9.59 Å². The molecule has 0 fully saturated rings. The number of ketones is 1. The minimum Gasteiger partial charge on any atom is -0.494 e. The normalized spacial score (nSPS) is 22.0. The number of rotatable bonds is 9. The van der Waals surface area contributed by atoms with E-state index in [0.29, 0.717) is 46.9 Å². The van der Waals surface area contributed by atoms with Gasteiger partial charge in [-0.15, -0.1) is 0 Å². The molecule has 0 saturated heterocycles. The lowest BCUT2D eigenvalue weighted by molar-refractivity contribution is -0.151. The number of Topliss-reactive ketones (excluding diaryl/α,β-unsaturated/α-hetero) is 1. The number of ether oxygens (including phenoxy) is 4. The Morgan fingerprint density at radius 2 is 1.89 bits per heavy atom. The van der Waals surface area contributed by atoms with Gasteiger partial charge in [-0.1, -0.05) is 25.1 Å². The lowest BCUT2D eigenvalue weighted by Gasteiger charge is -2.38. The van der Waals surface area contributed by atoms with Gasteiger partial charge in [0.25, 0.3) is 0 Å². The molecule has 1 aromatic carbocycles. The largest absolute Gasteiger partial charge is 0.494 e. The molecule has 0 amide bonds. The van der Waals surface area contributed by atoms with Crippen molar-refractivity contribution in [3.8, 4) is 5.75 Å². The van der Waals surface area contributed by atoms with Gasteiger partial charge in [0.1, 0.15) is 18.3 Å². The lowest BCUT2D eigenvalue weighted by Crippen LogP contribution is -2.43. The smallest absolute Gasteiger partial charge is 0.336 e. The Bertz CT molecular complexity index is 1040. The van der Waals surface area contributed by atoms with E-state index < -0.39 is 23.8 Å². The van der Waals surface area contributed by atoms with Gasteiger partial charge in [0.05, 0.1) is 37.9 Å². The molecule has 8 heteroatoms. The molecule has 190 valence electrons. The van der Waals surface area contributed by atoms with Gasteiger partial charge < -0.3 is 24.3 Å². The first-order valence-corrected chi connectivity index (χ1v) is 12.0. The quantitative estimate of drug-likeness (QED) is 0.321. The highest BCUT2D eigenvalue weighted by Crippen LogP contribution is 2.47. The van der Waals surface area contributed by atoms with E-state index in [0.717, 1.165) is 0 Å². The van der Waals surface area contributed by atoms with E-state index in [2.05, 4.69) is 5.32 Å². The van der Waals surface area contributed by atoms with E-state index in [9.17, 15) is 14.4 Å². The van der Waals surface area contributed by atoms with Gasteiger partial charge >= 0.3 is 11.9 Å². The highest BCUT2D eigenvalue weighted by atomic mass is 16.6. The van der Waals surface area contributed by atoms with Crippen LogP contribution in [0.3, 0.4) is 0 Å². The highest BCUT2D eigenvalue weighted by Gasteiger charge is 2.47. The first kappa shape index (κ1) is 26.5. The van der Waals surface area contributed by atoms with Gasteiger partial charge in [-0.2, -0.15) is 0 Å². The van der Waals surface area contributed by atoms with Crippen LogP contribution in [0.1, 0.15) is 52.5 Å². The summed E-state index contributed by atoms with van der Waals surface area (Å²) in [5.41, 5.74) is 2.66. The van der Waals surface area contributed by atoms with Crippen LogP contribution in [0.4, 0.5) is 0 Å². The number of para-hydroxylation sites is 1. The summed E-state index contributed by atoms with van der Waals surface area (Å²) in [6, 6.07) is 7.32. The Morgan fingerprint density at radius 1 is 1.17 bits per heavy atom. The summed E-state index contributed by atoms with van der Waals surface area (Å²) in [5, 5.41) is 3.26. The zero-order valence-electron chi connectivity index (χ0n) is 21.3. The third-order valence-corrected chi connectivity index (χ3v) is 6.26. The molecule has 1 aromatic rings. The van der Waals surface area contributed by atoms with Crippen molar-refractivity contribution in [2.75, 3.05) is 26.9 Å². The van der Waals surface area contributed by atoms with Crippen molar-refractivity contribution in [3.63, 3.8) is 0 Å². The maximum absolute atomic E-state index is 13.8.